The number of aromatic amines is 1. The summed E-state index contributed by atoms with van der Waals surface area (Å²) in [6, 6.07) is 0. The molecule has 0 spiro atoms. The van der Waals surface area contributed by atoms with Crippen LogP contribution in [0.5, 0.6) is 0 Å². The minimum absolute atomic E-state index is 0.153. The molecule has 0 unspecified atom stereocenters. The van der Waals surface area contributed by atoms with Gasteiger partial charge < -0.3 is 9.72 Å². The van der Waals surface area contributed by atoms with E-state index >= 15 is 0 Å². The molecule has 0 amide bonds. The molecule has 1 aromatic rings. The van der Waals surface area contributed by atoms with Gasteiger partial charge in [-0.05, 0) is 38.8 Å². The Labute approximate surface area is 97.3 Å². The number of aromatic nitrogens is 1. The maximum Gasteiger partial charge on any atom is 0.355 e. The van der Waals surface area contributed by atoms with Crippen molar-refractivity contribution in [3.8, 4) is 0 Å². The van der Waals surface area contributed by atoms with Gasteiger partial charge in [0.15, 0.2) is 6.29 Å². The summed E-state index contributed by atoms with van der Waals surface area (Å²) in [5.41, 5.74) is 0.413. The number of aldehydes is 1. The fourth-order valence-corrected chi connectivity index (χ4v) is 1.74. The number of halogens is 2. The van der Waals surface area contributed by atoms with Crippen molar-refractivity contribution < 1.29 is 14.3 Å². The van der Waals surface area contributed by atoms with Crippen LogP contribution in [0, 0.1) is 0 Å². The van der Waals surface area contributed by atoms with Crippen LogP contribution in [0.15, 0.2) is 9.08 Å². The van der Waals surface area contributed by atoms with E-state index in [9.17, 15) is 9.59 Å². The highest BCUT2D eigenvalue weighted by atomic mass is 79.9. The molecule has 1 rings (SSSR count). The predicted octanol–water partition coefficient (Wildman–Crippen LogP) is 2.53. The second-order valence-corrected chi connectivity index (χ2v) is 3.97. The zero-order valence-corrected chi connectivity index (χ0v) is 10.4. The number of nitrogens with one attached hydrogen (secondary N) is 1. The molecular weight excluding hydrogens is 318 g/mol. The Hall–Kier alpha value is -0.620. The summed E-state index contributed by atoms with van der Waals surface area (Å²) >= 11 is 6.32. The van der Waals surface area contributed by atoms with Crippen LogP contribution in [0.4, 0.5) is 0 Å². The van der Waals surface area contributed by atoms with Crippen molar-refractivity contribution in [2.45, 2.75) is 6.92 Å². The number of esters is 1. The summed E-state index contributed by atoms with van der Waals surface area (Å²) in [6.45, 7) is 1.97. The summed E-state index contributed by atoms with van der Waals surface area (Å²) in [6.07, 6.45) is 0.595. The summed E-state index contributed by atoms with van der Waals surface area (Å²) < 4.78 is 5.84. The van der Waals surface area contributed by atoms with Crippen LogP contribution < -0.4 is 0 Å². The summed E-state index contributed by atoms with van der Waals surface area (Å²) in [5.74, 6) is -0.541. The van der Waals surface area contributed by atoms with Gasteiger partial charge in [-0.2, -0.15) is 0 Å². The second-order valence-electron chi connectivity index (χ2n) is 2.38. The molecule has 1 N–H and O–H groups in total. The van der Waals surface area contributed by atoms with Crippen LogP contribution in [-0.4, -0.2) is 23.8 Å². The number of hydrogen-bond acceptors (Lipinski definition) is 3. The molecule has 0 aliphatic heterocycles. The van der Waals surface area contributed by atoms with E-state index in [2.05, 4.69) is 36.8 Å². The second kappa shape index (κ2) is 4.75. The highest BCUT2D eigenvalue weighted by Gasteiger charge is 2.19. The van der Waals surface area contributed by atoms with E-state index in [-0.39, 0.29) is 17.9 Å². The maximum absolute atomic E-state index is 11.3. The molecule has 0 bridgehead atoms. The molecule has 0 aromatic carbocycles. The third-order valence-electron chi connectivity index (χ3n) is 1.53. The van der Waals surface area contributed by atoms with E-state index in [1.807, 2.05) is 0 Å². The average Bonchev–Trinajstić information content (AvgIpc) is 2.44. The van der Waals surface area contributed by atoms with Gasteiger partial charge in [-0.15, -0.1) is 0 Å². The molecule has 0 saturated carbocycles. The van der Waals surface area contributed by atoms with Gasteiger partial charge in [0.2, 0.25) is 0 Å². The molecule has 0 radical (unpaired) electrons. The van der Waals surface area contributed by atoms with Crippen LogP contribution in [0.3, 0.4) is 0 Å². The van der Waals surface area contributed by atoms with Gasteiger partial charge in [0.1, 0.15) is 5.69 Å². The van der Waals surface area contributed by atoms with Gasteiger partial charge in [0, 0.05) is 0 Å². The van der Waals surface area contributed by atoms with Crippen molar-refractivity contribution in [2.75, 3.05) is 6.61 Å². The molecule has 0 fully saturated rings. The van der Waals surface area contributed by atoms with Gasteiger partial charge in [-0.3, -0.25) is 4.79 Å². The first kappa shape index (κ1) is 11.5. The summed E-state index contributed by atoms with van der Waals surface area (Å²) in [4.78, 5) is 24.7. The number of hydrogen-bond donors (Lipinski definition) is 1. The quantitative estimate of drug-likeness (QED) is 0.686. The van der Waals surface area contributed by atoms with Crippen molar-refractivity contribution in [3.63, 3.8) is 0 Å². The normalized spacial score (nSPS) is 9.93. The lowest BCUT2D eigenvalue weighted by atomic mass is 10.3. The van der Waals surface area contributed by atoms with E-state index in [0.29, 0.717) is 15.4 Å². The van der Waals surface area contributed by atoms with Crippen molar-refractivity contribution in [3.05, 3.63) is 20.3 Å². The molecule has 0 aliphatic carbocycles. The number of H-pyrrole nitrogens is 1. The number of rotatable bonds is 3. The van der Waals surface area contributed by atoms with Crippen molar-refractivity contribution in [1.29, 1.82) is 0 Å². The fourth-order valence-electron chi connectivity index (χ4n) is 0.935. The van der Waals surface area contributed by atoms with Crippen LogP contribution in [-0.2, 0) is 4.74 Å². The standard InChI is InChI=1S/C8H7Br2NO3/c1-2-14-8(13)6-4(3-12)5(9)7(10)11-6/h3,11H,2H2,1H3. The highest BCUT2D eigenvalue weighted by molar-refractivity contribution is 9.13. The van der Waals surface area contributed by atoms with Crippen molar-refractivity contribution >= 4 is 44.1 Å². The Bertz CT molecular complexity index is 373. The molecule has 0 saturated heterocycles. The van der Waals surface area contributed by atoms with E-state index in [4.69, 9.17) is 4.74 Å². The van der Waals surface area contributed by atoms with Gasteiger partial charge >= 0.3 is 5.97 Å². The predicted molar refractivity (Wildman–Crippen MR) is 57.5 cm³/mol. The maximum atomic E-state index is 11.3. The minimum atomic E-state index is -0.541. The zero-order chi connectivity index (χ0) is 10.7. The Morgan fingerprint density at radius 2 is 2.21 bits per heavy atom. The lowest BCUT2D eigenvalue weighted by Gasteiger charge is -1.98. The number of carbonyl (C=O) groups excluding carboxylic acids is 2. The smallest absolute Gasteiger partial charge is 0.355 e. The monoisotopic (exact) mass is 323 g/mol. The summed E-state index contributed by atoms with van der Waals surface area (Å²) in [5, 5.41) is 0. The van der Waals surface area contributed by atoms with Gasteiger partial charge in [0.05, 0.1) is 21.2 Å². The third-order valence-corrected chi connectivity index (χ3v) is 3.48. The minimum Gasteiger partial charge on any atom is -0.461 e. The summed E-state index contributed by atoms with van der Waals surface area (Å²) in [7, 11) is 0. The van der Waals surface area contributed by atoms with Crippen molar-refractivity contribution in [1.82, 2.24) is 4.98 Å². The zero-order valence-electron chi connectivity index (χ0n) is 7.27. The Morgan fingerprint density at radius 3 is 2.71 bits per heavy atom. The first-order chi connectivity index (χ1) is 6.61. The Kier molecular flexibility index (Phi) is 3.88. The average molecular weight is 325 g/mol. The molecule has 14 heavy (non-hydrogen) atoms. The lowest BCUT2D eigenvalue weighted by Crippen LogP contribution is -2.07. The fraction of sp³-hybridized carbons (Fsp3) is 0.250. The highest BCUT2D eigenvalue weighted by Crippen LogP contribution is 2.28. The molecule has 4 nitrogen and oxygen atoms in total. The van der Waals surface area contributed by atoms with Crippen LogP contribution in [0.25, 0.3) is 0 Å². The molecule has 1 heterocycles. The van der Waals surface area contributed by atoms with Gasteiger partial charge in [-0.25, -0.2) is 4.79 Å². The third kappa shape index (κ3) is 2.06. The molecule has 0 atom stereocenters. The van der Waals surface area contributed by atoms with E-state index < -0.39 is 5.97 Å². The number of carbonyl (C=O) groups is 2. The largest absolute Gasteiger partial charge is 0.461 e. The SMILES string of the molecule is CCOC(=O)c1[nH]c(Br)c(Br)c1C=O. The molecule has 1 aromatic heterocycles. The van der Waals surface area contributed by atoms with E-state index in [0.717, 1.165) is 0 Å². The van der Waals surface area contributed by atoms with E-state index in [1.54, 1.807) is 6.92 Å². The molecular formula is C8H7Br2NO3. The van der Waals surface area contributed by atoms with Crippen LogP contribution in [0.2, 0.25) is 0 Å². The molecule has 0 aliphatic rings. The first-order valence-electron chi connectivity index (χ1n) is 3.81. The number of ether oxygens (including phenoxy) is 1. The van der Waals surface area contributed by atoms with Crippen LogP contribution in [0.1, 0.15) is 27.8 Å². The van der Waals surface area contributed by atoms with Gasteiger partial charge in [-0.1, -0.05) is 0 Å². The Morgan fingerprint density at radius 1 is 1.57 bits per heavy atom. The first-order valence-corrected chi connectivity index (χ1v) is 5.39. The van der Waals surface area contributed by atoms with Crippen LogP contribution >= 0.6 is 31.9 Å². The molecule has 6 heteroatoms. The molecule has 76 valence electrons. The van der Waals surface area contributed by atoms with Crippen molar-refractivity contribution in [2.24, 2.45) is 0 Å². The Balaban J connectivity index is 3.14. The lowest BCUT2D eigenvalue weighted by molar-refractivity contribution is 0.0518. The topological polar surface area (TPSA) is 59.2 Å². The van der Waals surface area contributed by atoms with E-state index in [1.165, 1.54) is 0 Å². The van der Waals surface area contributed by atoms with Gasteiger partial charge in [0.25, 0.3) is 0 Å².